The maximum absolute atomic E-state index is 11.5. The number of nitrogens with zero attached hydrogens (tertiary/aromatic N) is 1. The summed E-state index contributed by atoms with van der Waals surface area (Å²) in [5.41, 5.74) is 5.03. The maximum Gasteiger partial charge on any atom is 0.245 e. The predicted octanol–water partition coefficient (Wildman–Crippen LogP) is -3.56. The minimum absolute atomic E-state index is 0.0922. The van der Waals surface area contributed by atoms with E-state index in [-0.39, 0.29) is 25.5 Å². The molecule has 1 saturated heterocycles. The zero-order chi connectivity index (χ0) is 16.5. The number of hydrogen-bond acceptors (Lipinski definition) is 6. The van der Waals surface area contributed by atoms with Crippen LogP contribution in [0.15, 0.2) is 0 Å². The van der Waals surface area contributed by atoms with Crippen LogP contribution < -0.4 is 21.7 Å². The van der Waals surface area contributed by atoms with Gasteiger partial charge in [-0.3, -0.25) is 29.3 Å². The summed E-state index contributed by atoms with van der Waals surface area (Å²) in [5, 5.41) is 6.49. The van der Waals surface area contributed by atoms with E-state index in [1.165, 1.54) is 4.90 Å². The van der Waals surface area contributed by atoms with E-state index in [1.807, 2.05) is 5.32 Å². The van der Waals surface area contributed by atoms with Crippen molar-refractivity contribution in [3.8, 4) is 0 Å². The van der Waals surface area contributed by atoms with E-state index < -0.39 is 30.2 Å². The zero-order valence-electron chi connectivity index (χ0n) is 12.0. The van der Waals surface area contributed by atoms with Crippen LogP contribution in [0.5, 0.6) is 0 Å². The van der Waals surface area contributed by atoms with Gasteiger partial charge < -0.3 is 21.3 Å². The molecule has 0 aliphatic carbocycles. The number of rotatable bonds is 7. The second kappa shape index (κ2) is 8.72. The molecule has 1 fully saturated rings. The molecule has 22 heavy (non-hydrogen) atoms. The molecule has 0 radical (unpaired) electrons. The molecule has 122 valence electrons. The van der Waals surface area contributed by atoms with Gasteiger partial charge in [0, 0.05) is 13.0 Å². The Morgan fingerprint density at radius 3 is 2.09 bits per heavy atom. The molecule has 1 rings (SSSR count). The third-order valence-electron chi connectivity index (χ3n) is 2.86. The molecule has 0 unspecified atom stereocenters. The van der Waals surface area contributed by atoms with Crippen molar-refractivity contribution in [3.63, 3.8) is 0 Å². The quantitative estimate of drug-likeness (QED) is 0.382. The van der Waals surface area contributed by atoms with Crippen molar-refractivity contribution in [2.24, 2.45) is 5.73 Å². The molecule has 0 saturated carbocycles. The average molecular weight is 313 g/mol. The van der Waals surface area contributed by atoms with E-state index in [9.17, 15) is 24.0 Å². The molecular weight excluding hydrogens is 294 g/mol. The van der Waals surface area contributed by atoms with Crippen LogP contribution in [0.2, 0.25) is 0 Å². The molecule has 0 bridgehead atoms. The summed E-state index contributed by atoms with van der Waals surface area (Å²) in [5.74, 6) is -2.52. The van der Waals surface area contributed by atoms with Crippen molar-refractivity contribution in [1.29, 1.82) is 0 Å². The first-order valence-corrected chi connectivity index (χ1v) is 6.76. The molecule has 0 atom stereocenters. The van der Waals surface area contributed by atoms with Crippen LogP contribution in [0.1, 0.15) is 12.8 Å². The van der Waals surface area contributed by atoms with Crippen molar-refractivity contribution in [3.05, 3.63) is 0 Å². The molecule has 10 heteroatoms. The molecule has 1 aliphatic rings. The predicted molar refractivity (Wildman–Crippen MR) is 74.0 cm³/mol. The Morgan fingerprint density at radius 2 is 1.59 bits per heavy atom. The number of hydrogen-bond donors (Lipinski definition) is 4. The topological polar surface area (TPSA) is 151 Å². The lowest BCUT2D eigenvalue weighted by Gasteiger charge is -2.14. The maximum atomic E-state index is 11.5. The minimum atomic E-state index is -0.715. The van der Waals surface area contributed by atoms with E-state index >= 15 is 0 Å². The summed E-state index contributed by atoms with van der Waals surface area (Å²) in [4.78, 5) is 57.8. The first kappa shape index (κ1) is 17.6. The van der Waals surface area contributed by atoms with Crippen LogP contribution in [-0.4, -0.2) is 67.2 Å². The van der Waals surface area contributed by atoms with Gasteiger partial charge in [-0.15, -0.1) is 0 Å². The molecule has 0 spiro atoms. The summed E-state index contributed by atoms with van der Waals surface area (Å²) in [6.07, 6.45) is 1.15. The Labute approximate surface area is 126 Å². The number of carbonyl (C=O) groups excluding carboxylic acids is 5. The summed E-state index contributed by atoms with van der Waals surface area (Å²) in [6, 6.07) is 0. The van der Waals surface area contributed by atoms with E-state index in [0.717, 1.165) is 6.42 Å². The normalized spacial score (nSPS) is 13.7. The van der Waals surface area contributed by atoms with Gasteiger partial charge >= 0.3 is 0 Å². The van der Waals surface area contributed by atoms with Gasteiger partial charge in [-0.1, -0.05) is 0 Å². The van der Waals surface area contributed by atoms with Crippen molar-refractivity contribution in [2.45, 2.75) is 12.8 Å². The first-order chi connectivity index (χ1) is 10.4. The number of nitrogens with two attached hydrogens (primary N) is 1. The van der Waals surface area contributed by atoms with E-state index in [1.54, 1.807) is 0 Å². The Bertz CT molecular complexity index is 479. The molecule has 0 aromatic rings. The second-order valence-corrected chi connectivity index (χ2v) is 4.65. The molecule has 0 aromatic heterocycles. The van der Waals surface area contributed by atoms with Crippen molar-refractivity contribution >= 4 is 29.5 Å². The van der Waals surface area contributed by atoms with Crippen LogP contribution in [0.4, 0.5) is 0 Å². The molecule has 0 aromatic carbocycles. The van der Waals surface area contributed by atoms with Gasteiger partial charge in [-0.2, -0.15) is 0 Å². The molecule has 5 N–H and O–H groups in total. The lowest BCUT2D eigenvalue weighted by atomic mass is 10.4. The lowest BCUT2D eigenvalue weighted by Crippen LogP contribution is -2.46. The van der Waals surface area contributed by atoms with Crippen LogP contribution in [0, 0.1) is 0 Å². The molecule has 1 heterocycles. The fourth-order valence-electron chi connectivity index (χ4n) is 1.77. The van der Waals surface area contributed by atoms with Gasteiger partial charge in [-0.25, -0.2) is 0 Å². The number of amides is 5. The van der Waals surface area contributed by atoms with Crippen LogP contribution in [0.3, 0.4) is 0 Å². The fourth-order valence-corrected chi connectivity index (χ4v) is 1.77. The van der Waals surface area contributed by atoms with Gasteiger partial charge in [0.2, 0.25) is 29.5 Å². The van der Waals surface area contributed by atoms with Gasteiger partial charge in [0.25, 0.3) is 0 Å². The number of imide groups is 1. The Morgan fingerprint density at radius 1 is 1.00 bits per heavy atom. The average Bonchev–Trinajstić information content (AvgIpc) is 2.87. The van der Waals surface area contributed by atoms with Gasteiger partial charge in [-0.05, 0) is 6.42 Å². The van der Waals surface area contributed by atoms with Crippen molar-refractivity contribution < 1.29 is 24.0 Å². The number of likely N-dealkylation sites (tertiary alicyclic amines) is 1. The Kier molecular flexibility index (Phi) is 6.96. The van der Waals surface area contributed by atoms with E-state index in [4.69, 9.17) is 5.73 Å². The largest absolute Gasteiger partial charge is 0.346 e. The number of carbonyl (C=O) groups is 5. The third-order valence-corrected chi connectivity index (χ3v) is 2.86. The summed E-state index contributed by atoms with van der Waals surface area (Å²) in [7, 11) is 0. The van der Waals surface area contributed by atoms with Crippen LogP contribution in [0.25, 0.3) is 0 Å². The first-order valence-electron chi connectivity index (χ1n) is 6.76. The van der Waals surface area contributed by atoms with E-state index in [0.29, 0.717) is 13.0 Å². The highest BCUT2D eigenvalue weighted by molar-refractivity contribution is 5.99. The Balaban J connectivity index is 2.19. The number of nitrogens with one attached hydrogen (secondary N) is 3. The van der Waals surface area contributed by atoms with Crippen LogP contribution in [-0.2, 0) is 24.0 Å². The third kappa shape index (κ3) is 6.31. The monoisotopic (exact) mass is 313 g/mol. The minimum Gasteiger partial charge on any atom is -0.346 e. The van der Waals surface area contributed by atoms with Crippen LogP contribution >= 0.6 is 0 Å². The van der Waals surface area contributed by atoms with E-state index in [2.05, 4.69) is 10.6 Å². The molecule has 5 amide bonds. The van der Waals surface area contributed by atoms with Gasteiger partial charge in [0.05, 0.1) is 26.2 Å². The smallest absolute Gasteiger partial charge is 0.245 e. The lowest BCUT2D eigenvalue weighted by molar-refractivity contribution is -0.134. The highest BCUT2D eigenvalue weighted by Crippen LogP contribution is 2.08. The summed E-state index contributed by atoms with van der Waals surface area (Å²) < 4.78 is 0. The highest BCUT2D eigenvalue weighted by Gasteiger charge is 2.22. The standard InChI is InChI=1S/C12H19N5O5/c13-4-8(18)14-5-9(19)16-10(20)6-15-11(21)7-17-3-1-2-12(17)22/h1-7,13H2,(H,14,18)(H,15,21)(H,16,19,20). The van der Waals surface area contributed by atoms with Crippen molar-refractivity contribution in [1.82, 2.24) is 20.9 Å². The SMILES string of the molecule is NCC(=O)NCC(=O)NC(=O)CNC(=O)CN1CCCC1=O. The van der Waals surface area contributed by atoms with Crippen molar-refractivity contribution in [2.75, 3.05) is 32.7 Å². The second-order valence-electron chi connectivity index (χ2n) is 4.65. The highest BCUT2D eigenvalue weighted by atomic mass is 16.2. The molecule has 10 nitrogen and oxygen atoms in total. The molecule has 1 aliphatic heterocycles. The summed E-state index contributed by atoms with van der Waals surface area (Å²) in [6.45, 7) is -0.605. The fraction of sp³-hybridized carbons (Fsp3) is 0.583. The Hall–Kier alpha value is -2.49. The molecular formula is C12H19N5O5. The summed E-state index contributed by atoms with van der Waals surface area (Å²) >= 11 is 0. The zero-order valence-corrected chi connectivity index (χ0v) is 12.0. The van der Waals surface area contributed by atoms with Gasteiger partial charge in [0.1, 0.15) is 0 Å². The van der Waals surface area contributed by atoms with Gasteiger partial charge in [0.15, 0.2) is 0 Å².